The van der Waals surface area contributed by atoms with Crippen LogP contribution in [0.4, 0.5) is 0 Å². The molecule has 0 amide bonds. The molecule has 0 aliphatic rings. The van der Waals surface area contributed by atoms with Crippen LogP contribution in [0.25, 0.3) is 0 Å². The van der Waals surface area contributed by atoms with Crippen molar-refractivity contribution in [2.45, 2.75) is 52.4 Å². The van der Waals surface area contributed by atoms with Crippen LogP contribution in [0.2, 0.25) is 0 Å². The third kappa shape index (κ3) is 3.51. The molecule has 17 heavy (non-hydrogen) atoms. The average molecular weight is 252 g/mol. The molecule has 1 rings (SSSR count). The lowest BCUT2D eigenvalue weighted by molar-refractivity contribution is -0.287. The van der Waals surface area contributed by atoms with E-state index in [1.807, 2.05) is 32.9 Å². The fraction of sp³-hybridized carbons (Fsp3) is 0.571. The molecule has 0 unspecified atom stereocenters. The Hall–Kier alpha value is -0.430. The summed E-state index contributed by atoms with van der Waals surface area (Å²) in [6, 6.07) is 5.67. The fourth-order valence-electron chi connectivity index (χ4n) is 1.76. The molecule has 0 radical (unpaired) electrons. The van der Waals surface area contributed by atoms with Crippen LogP contribution in [0.1, 0.15) is 52.7 Å². The molecule has 0 atom stereocenters. The van der Waals surface area contributed by atoms with Gasteiger partial charge in [-0.15, -0.1) is 0 Å². The van der Waals surface area contributed by atoms with Gasteiger partial charge in [-0.05, 0) is 22.0 Å². The van der Waals surface area contributed by atoms with E-state index < -0.39 is 8.38 Å². The zero-order valence-electron chi connectivity index (χ0n) is 11.5. The summed E-state index contributed by atoms with van der Waals surface area (Å²) in [5.41, 5.74) is 1.95. The first-order valence-corrected chi connectivity index (χ1v) is 7.00. The van der Waals surface area contributed by atoms with Gasteiger partial charge in [0.05, 0.1) is 0 Å². The van der Waals surface area contributed by atoms with Crippen LogP contribution in [0.3, 0.4) is 0 Å². The molecular formula is C14H21O2P-2. The van der Waals surface area contributed by atoms with Crippen molar-refractivity contribution in [3.8, 4) is 0 Å². The summed E-state index contributed by atoms with van der Waals surface area (Å²) in [4.78, 5) is 22.5. The molecule has 96 valence electrons. The van der Waals surface area contributed by atoms with Gasteiger partial charge in [-0.25, -0.2) is 0 Å². The van der Waals surface area contributed by atoms with Gasteiger partial charge in [-0.1, -0.05) is 65.0 Å². The maximum Gasteiger partial charge on any atom is -0.0126 e. The van der Waals surface area contributed by atoms with Gasteiger partial charge in [0.2, 0.25) is 0 Å². The third-order valence-corrected chi connectivity index (χ3v) is 3.65. The monoisotopic (exact) mass is 252 g/mol. The molecule has 0 aliphatic carbocycles. The summed E-state index contributed by atoms with van der Waals surface area (Å²) < 4.78 is 0. The lowest BCUT2D eigenvalue weighted by Crippen LogP contribution is -2.30. The second-order valence-electron chi connectivity index (χ2n) is 6.49. The van der Waals surface area contributed by atoms with Gasteiger partial charge < -0.3 is 9.79 Å². The third-order valence-electron chi connectivity index (χ3n) is 2.87. The Bertz CT molecular complexity index is 398. The van der Waals surface area contributed by atoms with E-state index in [0.717, 1.165) is 5.56 Å². The van der Waals surface area contributed by atoms with Gasteiger partial charge in [-0.2, -0.15) is 0 Å². The van der Waals surface area contributed by atoms with Crippen molar-refractivity contribution in [1.29, 1.82) is 0 Å². The lowest BCUT2D eigenvalue weighted by Gasteiger charge is -2.38. The standard InChI is InChI=1S/C14H21O2P/c1-13(2,3)10-7-8-12(17(15)16)11(9-10)14(4,5)6/h7-9H,1-6H3/q-2. The van der Waals surface area contributed by atoms with Crippen LogP contribution in [0.15, 0.2) is 18.2 Å². The average Bonchev–Trinajstić information content (AvgIpc) is 2.14. The van der Waals surface area contributed by atoms with Crippen LogP contribution < -0.4 is 15.1 Å². The maximum absolute atomic E-state index is 11.3. The lowest BCUT2D eigenvalue weighted by atomic mass is 9.81. The summed E-state index contributed by atoms with van der Waals surface area (Å²) in [7, 11) is -2.53. The Morgan fingerprint density at radius 2 is 1.41 bits per heavy atom. The predicted molar refractivity (Wildman–Crippen MR) is 70.4 cm³/mol. The van der Waals surface area contributed by atoms with Crippen molar-refractivity contribution in [3.05, 3.63) is 29.3 Å². The van der Waals surface area contributed by atoms with Crippen LogP contribution in [0, 0.1) is 0 Å². The molecule has 0 saturated heterocycles. The Kier molecular flexibility index (Phi) is 4.03. The van der Waals surface area contributed by atoms with E-state index in [0.29, 0.717) is 5.30 Å². The minimum Gasteiger partial charge on any atom is -0.838 e. The fourth-order valence-corrected chi connectivity index (χ4v) is 2.56. The van der Waals surface area contributed by atoms with Gasteiger partial charge in [0, 0.05) is 0 Å². The predicted octanol–water partition coefficient (Wildman–Crippen LogP) is 1.94. The minimum absolute atomic E-state index is 0.0348. The van der Waals surface area contributed by atoms with Crippen molar-refractivity contribution in [3.63, 3.8) is 0 Å². The van der Waals surface area contributed by atoms with Crippen molar-refractivity contribution in [2.75, 3.05) is 0 Å². The Labute approximate surface area is 106 Å². The maximum atomic E-state index is 11.3. The van der Waals surface area contributed by atoms with Crippen LogP contribution in [0.5, 0.6) is 0 Å². The molecular weight excluding hydrogens is 231 g/mol. The summed E-state index contributed by atoms with van der Waals surface area (Å²) in [6.45, 7) is 12.5. The summed E-state index contributed by atoms with van der Waals surface area (Å²) in [5.74, 6) is 0. The second kappa shape index (κ2) is 4.68. The quantitative estimate of drug-likeness (QED) is 0.717. The normalized spacial score (nSPS) is 13.2. The van der Waals surface area contributed by atoms with Gasteiger partial charge in [0.25, 0.3) is 0 Å². The highest BCUT2D eigenvalue weighted by atomic mass is 31.2. The Morgan fingerprint density at radius 1 is 0.882 bits per heavy atom. The first-order chi connectivity index (χ1) is 7.53. The zero-order chi connectivity index (χ0) is 13.4. The highest BCUT2D eigenvalue weighted by molar-refractivity contribution is 7.51. The molecule has 0 heterocycles. The van der Waals surface area contributed by atoms with Crippen molar-refractivity contribution in [2.24, 2.45) is 0 Å². The van der Waals surface area contributed by atoms with E-state index in [2.05, 4.69) is 20.8 Å². The van der Waals surface area contributed by atoms with Crippen LogP contribution in [-0.4, -0.2) is 0 Å². The van der Waals surface area contributed by atoms with Crippen molar-refractivity contribution >= 4 is 13.7 Å². The van der Waals surface area contributed by atoms with Crippen LogP contribution >= 0.6 is 8.38 Å². The number of hydrogen-bond acceptors (Lipinski definition) is 2. The zero-order valence-corrected chi connectivity index (χ0v) is 12.4. The number of benzene rings is 1. The SMILES string of the molecule is CC(C)(C)c1ccc(P([O-])[O-])c(C(C)(C)C)c1. The molecule has 0 saturated carbocycles. The first-order valence-electron chi connectivity index (χ1n) is 5.83. The van der Waals surface area contributed by atoms with Crippen molar-refractivity contribution in [1.82, 2.24) is 0 Å². The summed E-state index contributed by atoms with van der Waals surface area (Å²) >= 11 is 0. The number of rotatable bonds is 1. The molecule has 1 aromatic carbocycles. The van der Waals surface area contributed by atoms with Crippen LogP contribution in [-0.2, 0) is 10.8 Å². The Balaban J connectivity index is 3.41. The summed E-state index contributed by atoms with van der Waals surface area (Å²) in [6.07, 6.45) is 0. The van der Waals surface area contributed by atoms with E-state index in [4.69, 9.17) is 0 Å². The molecule has 0 aromatic heterocycles. The van der Waals surface area contributed by atoms with E-state index in [1.54, 1.807) is 6.07 Å². The molecule has 0 N–H and O–H groups in total. The van der Waals surface area contributed by atoms with Gasteiger partial charge in [-0.3, -0.25) is 8.38 Å². The molecule has 3 heteroatoms. The highest BCUT2D eigenvalue weighted by Gasteiger charge is 2.21. The molecule has 2 nitrogen and oxygen atoms in total. The highest BCUT2D eigenvalue weighted by Crippen LogP contribution is 2.31. The molecule has 0 spiro atoms. The first kappa shape index (κ1) is 14.6. The molecule has 0 aliphatic heterocycles. The van der Waals surface area contributed by atoms with Gasteiger partial charge in [0.1, 0.15) is 0 Å². The summed E-state index contributed by atoms with van der Waals surface area (Å²) in [5, 5.41) is 0.445. The largest absolute Gasteiger partial charge is 0.838 e. The smallest absolute Gasteiger partial charge is 0.0126 e. The topological polar surface area (TPSA) is 46.1 Å². The van der Waals surface area contributed by atoms with Gasteiger partial charge in [0.15, 0.2) is 0 Å². The van der Waals surface area contributed by atoms with E-state index in [1.165, 1.54) is 5.56 Å². The van der Waals surface area contributed by atoms with Crippen molar-refractivity contribution < 1.29 is 9.79 Å². The van der Waals surface area contributed by atoms with E-state index in [-0.39, 0.29) is 10.8 Å². The second-order valence-corrected chi connectivity index (χ2v) is 7.49. The molecule has 1 aromatic rings. The number of hydrogen-bond donors (Lipinski definition) is 0. The minimum atomic E-state index is -2.53. The molecule has 0 bridgehead atoms. The van der Waals surface area contributed by atoms with E-state index in [9.17, 15) is 9.79 Å². The van der Waals surface area contributed by atoms with E-state index >= 15 is 0 Å². The molecule has 0 fully saturated rings. The van der Waals surface area contributed by atoms with Gasteiger partial charge >= 0.3 is 0 Å². The Morgan fingerprint density at radius 3 is 1.76 bits per heavy atom.